The average molecular weight is 269 g/mol. The normalized spacial score (nSPS) is 20.9. The Labute approximate surface area is 115 Å². The number of amidine groups is 1. The Kier molecular flexibility index (Phi) is 6.67. The van der Waals surface area contributed by atoms with Crippen LogP contribution in [0, 0.1) is 5.92 Å². The van der Waals surface area contributed by atoms with Crippen molar-refractivity contribution in [1.82, 2.24) is 4.90 Å². The molecule has 1 unspecified atom stereocenters. The van der Waals surface area contributed by atoms with Crippen molar-refractivity contribution in [3.8, 4) is 0 Å². The highest BCUT2D eigenvalue weighted by atomic mass is 16.4. The van der Waals surface area contributed by atoms with Crippen LogP contribution in [0.1, 0.15) is 58.8 Å². The minimum absolute atomic E-state index is 0.0853. The van der Waals surface area contributed by atoms with E-state index in [2.05, 4.69) is 19.0 Å². The van der Waals surface area contributed by atoms with Gasteiger partial charge in [0.1, 0.15) is 0 Å². The molecule has 1 saturated heterocycles. The number of carbonyl (C=O) groups is 1. The fourth-order valence-corrected chi connectivity index (χ4v) is 2.89. The SMILES string of the molecule is CCCC(CCC)C(=O)N1CCCCC1C(N)=NO. The second-order valence-electron chi connectivity index (χ2n) is 5.34. The summed E-state index contributed by atoms with van der Waals surface area (Å²) in [6.45, 7) is 4.93. The van der Waals surface area contributed by atoms with E-state index in [1.54, 1.807) is 0 Å². The number of piperidine rings is 1. The quantitative estimate of drug-likeness (QED) is 0.336. The van der Waals surface area contributed by atoms with Gasteiger partial charge in [-0.25, -0.2) is 0 Å². The first-order valence-corrected chi connectivity index (χ1v) is 7.43. The van der Waals surface area contributed by atoms with E-state index in [0.717, 1.165) is 51.5 Å². The Bertz CT molecular complexity index is 312. The molecular formula is C14H27N3O2. The summed E-state index contributed by atoms with van der Waals surface area (Å²) in [7, 11) is 0. The standard InChI is InChI=1S/C14H27N3O2/c1-3-7-11(8-4-2)14(18)17-10-6-5-9-12(17)13(15)16-19/h11-12,19H,3-10H2,1-2H3,(H2,15,16). The van der Waals surface area contributed by atoms with E-state index >= 15 is 0 Å². The summed E-state index contributed by atoms with van der Waals surface area (Å²) < 4.78 is 0. The monoisotopic (exact) mass is 269 g/mol. The molecule has 1 heterocycles. The number of hydrogen-bond acceptors (Lipinski definition) is 3. The van der Waals surface area contributed by atoms with Gasteiger partial charge in [0.2, 0.25) is 5.91 Å². The third-order valence-electron chi connectivity index (χ3n) is 3.87. The van der Waals surface area contributed by atoms with Crippen LogP contribution in [0.4, 0.5) is 0 Å². The molecule has 1 aliphatic heterocycles. The third kappa shape index (κ3) is 4.11. The largest absolute Gasteiger partial charge is 0.409 e. The van der Waals surface area contributed by atoms with Gasteiger partial charge in [-0.3, -0.25) is 4.79 Å². The minimum Gasteiger partial charge on any atom is -0.409 e. The van der Waals surface area contributed by atoms with E-state index in [-0.39, 0.29) is 23.7 Å². The maximum atomic E-state index is 12.6. The van der Waals surface area contributed by atoms with E-state index in [9.17, 15) is 4.79 Å². The van der Waals surface area contributed by atoms with Gasteiger partial charge >= 0.3 is 0 Å². The second kappa shape index (κ2) is 8.02. The van der Waals surface area contributed by atoms with Crippen molar-refractivity contribution >= 4 is 11.7 Å². The smallest absolute Gasteiger partial charge is 0.226 e. The van der Waals surface area contributed by atoms with Crippen molar-refractivity contribution < 1.29 is 10.0 Å². The van der Waals surface area contributed by atoms with E-state index in [1.165, 1.54) is 0 Å². The predicted octanol–water partition coefficient (Wildman–Crippen LogP) is 2.33. The second-order valence-corrected chi connectivity index (χ2v) is 5.34. The molecule has 5 nitrogen and oxygen atoms in total. The number of carbonyl (C=O) groups excluding carboxylic acids is 1. The molecule has 1 rings (SSSR count). The lowest BCUT2D eigenvalue weighted by Crippen LogP contribution is -2.52. The van der Waals surface area contributed by atoms with Crippen molar-refractivity contribution in [1.29, 1.82) is 0 Å². The first kappa shape index (κ1) is 15.8. The number of likely N-dealkylation sites (tertiary alicyclic amines) is 1. The zero-order valence-corrected chi connectivity index (χ0v) is 12.1. The van der Waals surface area contributed by atoms with E-state index in [4.69, 9.17) is 10.9 Å². The van der Waals surface area contributed by atoms with E-state index in [1.807, 2.05) is 4.90 Å². The van der Waals surface area contributed by atoms with Gasteiger partial charge in [0, 0.05) is 12.5 Å². The summed E-state index contributed by atoms with van der Waals surface area (Å²) in [5, 5.41) is 12.0. The molecule has 0 aliphatic carbocycles. The molecule has 3 N–H and O–H groups in total. The lowest BCUT2D eigenvalue weighted by molar-refractivity contribution is -0.138. The van der Waals surface area contributed by atoms with E-state index in [0.29, 0.717) is 0 Å². The average Bonchev–Trinajstić information content (AvgIpc) is 2.45. The Morgan fingerprint density at radius 1 is 1.37 bits per heavy atom. The number of oxime groups is 1. The molecule has 0 bridgehead atoms. The number of nitrogens with two attached hydrogens (primary N) is 1. The molecule has 1 aliphatic rings. The van der Waals surface area contributed by atoms with Crippen LogP contribution in [0.2, 0.25) is 0 Å². The van der Waals surface area contributed by atoms with Gasteiger partial charge in [-0.1, -0.05) is 31.8 Å². The molecule has 0 saturated carbocycles. The van der Waals surface area contributed by atoms with Gasteiger partial charge in [0.05, 0.1) is 6.04 Å². The van der Waals surface area contributed by atoms with Gasteiger partial charge in [0.15, 0.2) is 5.84 Å². The fourth-order valence-electron chi connectivity index (χ4n) is 2.89. The Balaban J connectivity index is 2.80. The molecule has 0 spiro atoms. The van der Waals surface area contributed by atoms with Gasteiger partial charge in [-0.15, -0.1) is 0 Å². The maximum Gasteiger partial charge on any atom is 0.226 e. The van der Waals surface area contributed by atoms with Crippen LogP contribution in [-0.2, 0) is 4.79 Å². The van der Waals surface area contributed by atoms with E-state index < -0.39 is 0 Å². The lowest BCUT2D eigenvalue weighted by atomic mass is 9.93. The van der Waals surface area contributed by atoms with Crippen molar-refractivity contribution in [2.45, 2.75) is 64.8 Å². The Morgan fingerprint density at radius 3 is 2.53 bits per heavy atom. The van der Waals surface area contributed by atoms with Crippen LogP contribution in [0.3, 0.4) is 0 Å². The van der Waals surface area contributed by atoms with Gasteiger partial charge in [-0.2, -0.15) is 0 Å². The lowest BCUT2D eigenvalue weighted by Gasteiger charge is -2.37. The number of rotatable bonds is 6. The molecule has 0 aromatic carbocycles. The summed E-state index contributed by atoms with van der Waals surface area (Å²) in [5.41, 5.74) is 5.73. The number of amides is 1. The van der Waals surface area contributed by atoms with Crippen molar-refractivity contribution in [2.24, 2.45) is 16.8 Å². The zero-order chi connectivity index (χ0) is 14.3. The van der Waals surface area contributed by atoms with Crippen LogP contribution in [0.15, 0.2) is 5.16 Å². The Morgan fingerprint density at radius 2 is 2.00 bits per heavy atom. The first-order chi connectivity index (χ1) is 9.15. The molecule has 1 fully saturated rings. The summed E-state index contributed by atoms with van der Waals surface area (Å²) in [6, 6.07) is -0.220. The molecule has 19 heavy (non-hydrogen) atoms. The molecular weight excluding hydrogens is 242 g/mol. The van der Waals surface area contributed by atoms with Gasteiger partial charge < -0.3 is 15.8 Å². The third-order valence-corrected chi connectivity index (χ3v) is 3.87. The van der Waals surface area contributed by atoms with Crippen LogP contribution < -0.4 is 5.73 Å². The first-order valence-electron chi connectivity index (χ1n) is 7.43. The highest BCUT2D eigenvalue weighted by Crippen LogP contribution is 2.23. The number of nitrogens with zero attached hydrogens (tertiary/aromatic N) is 2. The molecule has 0 aromatic rings. The summed E-state index contributed by atoms with van der Waals surface area (Å²) in [5.74, 6) is 0.432. The fraction of sp³-hybridized carbons (Fsp3) is 0.857. The number of hydrogen-bond donors (Lipinski definition) is 2. The molecule has 0 aromatic heterocycles. The highest BCUT2D eigenvalue weighted by molar-refractivity contribution is 5.90. The molecule has 0 radical (unpaired) electrons. The maximum absolute atomic E-state index is 12.6. The minimum atomic E-state index is -0.220. The van der Waals surface area contributed by atoms with Crippen LogP contribution in [0.25, 0.3) is 0 Å². The van der Waals surface area contributed by atoms with Gasteiger partial charge in [-0.05, 0) is 32.1 Å². The van der Waals surface area contributed by atoms with Gasteiger partial charge in [0.25, 0.3) is 0 Å². The molecule has 110 valence electrons. The van der Waals surface area contributed by atoms with Crippen molar-refractivity contribution in [3.05, 3.63) is 0 Å². The van der Waals surface area contributed by atoms with Crippen LogP contribution in [-0.4, -0.2) is 34.4 Å². The molecule has 1 amide bonds. The molecule has 1 atom stereocenters. The zero-order valence-electron chi connectivity index (χ0n) is 12.1. The van der Waals surface area contributed by atoms with Crippen LogP contribution in [0.5, 0.6) is 0 Å². The topological polar surface area (TPSA) is 78.9 Å². The summed E-state index contributed by atoms with van der Waals surface area (Å²) in [4.78, 5) is 14.5. The van der Waals surface area contributed by atoms with Crippen molar-refractivity contribution in [2.75, 3.05) is 6.54 Å². The Hall–Kier alpha value is -1.26. The van der Waals surface area contributed by atoms with Crippen molar-refractivity contribution in [3.63, 3.8) is 0 Å². The molecule has 5 heteroatoms. The summed E-state index contributed by atoms with van der Waals surface area (Å²) in [6.07, 6.45) is 6.70. The highest BCUT2D eigenvalue weighted by Gasteiger charge is 2.32. The van der Waals surface area contributed by atoms with Crippen LogP contribution >= 0.6 is 0 Å². The summed E-state index contributed by atoms with van der Waals surface area (Å²) >= 11 is 0. The predicted molar refractivity (Wildman–Crippen MR) is 76.1 cm³/mol.